The molecule has 2 N–H and O–H groups in total. The molecule has 0 spiro atoms. The molecular weight excluding hydrogens is 252 g/mol. The molecule has 0 saturated heterocycles. The first kappa shape index (κ1) is 15.1. The molecule has 1 aromatic heterocycles. The Morgan fingerprint density at radius 1 is 1.61 bits per heavy atom. The molecule has 1 rings (SSSR count). The van der Waals surface area contributed by atoms with Crippen molar-refractivity contribution in [3.63, 3.8) is 0 Å². The van der Waals surface area contributed by atoms with Crippen LogP contribution in [0.5, 0.6) is 0 Å². The van der Waals surface area contributed by atoms with Crippen molar-refractivity contribution in [2.45, 2.75) is 32.4 Å². The zero-order valence-corrected chi connectivity index (χ0v) is 12.2. The molecule has 1 atom stereocenters. The molecule has 0 aliphatic heterocycles. The molecule has 0 radical (unpaired) electrons. The molecule has 0 aliphatic carbocycles. The second-order valence-electron chi connectivity index (χ2n) is 4.97. The summed E-state index contributed by atoms with van der Waals surface area (Å²) in [5, 5.41) is 4.50. The van der Waals surface area contributed by atoms with E-state index >= 15 is 0 Å². The number of rotatable bonds is 6. The average Bonchev–Trinajstić information content (AvgIpc) is 2.66. The fourth-order valence-corrected chi connectivity index (χ4v) is 1.71. The molecule has 6 heteroatoms. The van der Waals surface area contributed by atoms with Crippen molar-refractivity contribution >= 4 is 17.4 Å². The van der Waals surface area contributed by atoms with E-state index in [-0.39, 0.29) is 5.78 Å². The highest BCUT2D eigenvalue weighted by Gasteiger charge is 2.31. The minimum absolute atomic E-state index is 0.161. The summed E-state index contributed by atoms with van der Waals surface area (Å²) in [7, 11) is 3.93. The van der Waals surface area contributed by atoms with Crippen LogP contribution in [0.1, 0.15) is 30.8 Å². The molecule has 5 nitrogen and oxygen atoms in total. The average molecular weight is 273 g/mol. The van der Waals surface area contributed by atoms with Crippen LogP contribution in [0.15, 0.2) is 6.20 Å². The Labute approximate surface area is 113 Å². The molecule has 0 aliphatic rings. The van der Waals surface area contributed by atoms with Crippen molar-refractivity contribution in [1.82, 2.24) is 14.7 Å². The maximum Gasteiger partial charge on any atom is 0.201 e. The van der Waals surface area contributed by atoms with E-state index in [0.29, 0.717) is 23.7 Å². The van der Waals surface area contributed by atoms with E-state index < -0.39 is 5.54 Å². The number of nitrogens with zero attached hydrogens (tertiary/aromatic N) is 3. The summed E-state index contributed by atoms with van der Waals surface area (Å²) in [5.74, 6) is -0.161. The largest absolute Gasteiger partial charge is 0.319 e. The predicted molar refractivity (Wildman–Crippen MR) is 73.0 cm³/mol. The maximum atomic E-state index is 12.4. The highest BCUT2D eigenvalue weighted by molar-refractivity contribution is 6.34. The Balaban J connectivity index is 3.01. The summed E-state index contributed by atoms with van der Waals surface area (Å²) < 4.78 is 1.63. The quantitative estimate of drug-likeness (QED) is 0.796. The standard InChI is InChI=1S/C12H21ClN4O/c1-5-12(2,14)11(18)10-9(13)8-15-17(10)7-6-16(3)4/h8H,5-7,14H2,1-4H3. The first-order chi connectivity index (χ1) is 8.29. The van der Waals surface area contributed by atoms with Crippen LogP contribution >= 0.6 is 11.6 Å². The summed E-state index contributed by atoms with van der Waals surface area (Å²) in [5.41, 5.74) is 5.49. The zero-order chi connectivity index (χ0) is 13.9. The van der Waals surface area contributed by atoms with Gasteiger partial charge in [-0.2, -0.15) is 5.10 Å². The van der Waals surface area contributed by atoms with Crippen molar-refractivity contribution < 1.29 is 4.79 Å². The van der Waals surface area contributed by atoms with Crippen LogP contribution in [-0.2, 0) is 6.54 Å². The van der Waals surface area contributed by atoms with Gasteiger partial charge < -0.3 is 10.6 Å². The fourth-order valence-electron chi connectivity index (χ4n) is 1.48. The van der Waals surface area contributed by atoms with Gasteiger partial charge in [-0.25, -0.2) is 0 Å². The van der Waals surface area contributed by atoms with Gasteiger partial charge in [-0.15, -0.1) is 0 Å². The third kappa shape index (κ3) is 3.31. The molecule has 102 valence electrons. The van der Waals surface area contributed by atoms with Gasteiger partial charge in [-0.05, 0) is 27.4 Å². The van der Waals surface area contributed by atoms with E-state index in [0.717, 1.165) is 6.54 Å². The first-order valence-electron chi connectivity index (χ1n) is 5.99. The summed E-state index contributed by atoms with van der Waals surface area (Å²) in [4.78, 5) is 14.4. The topological polar surface area (TPSA) is 64.2 Å². The van der Waals surface area contributed by atoms with Crippen molar-refractivity contribution in [3.05, 3.63) is 16.9 Å². The van der Waals surface area contributed by atoms with Crippen LogP contribution in [0, 0.1) is 0 Å². The van der Waals surface area contributed by atoms with Crippen molar-refractivity contribution in [2.75, 3.05) is 20.6 Å². The lowest BCUT2D eigenvalue weighted by Gasteiger charge is -2.22. The van der Waals surface area contributed by atoms with Crippen LogP contribution < -0.4 is 5.73 Å². The van der Waals surface area contributed by atoms with Gasteiger partial charge in [0, 0.05) is 6.54 Å². The molecule has 0 bridgehead atoms. The molecule has 0 saturated carbocycles. The number of aromatic nitrogens is 2. The zero-order valence-electron chi connectivity index (χ0n) is 11.4. The van der Waals surface area contributed by atoms with Crippen molar-refractivity contribution in [2.24, 2.45) is 5.73 Å². The predicted octanol–water partition coefficient (Wildman–Crippen LogP) is 1.41. The summed E-state index contributed by atoms with van der Waals surface area (Å²) in [6.45, 7) is 4.99. The highest BCUT2D eigenvalue weighted by atomic mass is 35.5. The van der Waals surface area contributed by atoms with E-state index in [1.54, 1.807) is 11.6 Å². The van der Waals surface area contributed by atoms with Gasteiger partial charge in [0.05, 0.1) is 23.3 Å². The molecule has 1 aromatic rings. The Morgan fingerprint density at radius 2 is 2.22 bits per heavy atom. The first-order valence-corrected chi connectivity index (χ1v) is 6.37. The number of ketones is 1. The molecule has 1 unspecified atom stereocenters. The van der Waals surface area contributed by atoms with Crippen molar-refractivity contribution in [1.29, 1.82) is 0 Å². The number of hydrogen-bond acceptors (Lipinski definition) is 4. The van der Waals surface area contributed by atoms with Gasteiger partial charge in [-0.1, -0.05) is 18.5 Å². The number of carbonyl (C=O) groups excluding carboxylic acids is 1. The lowest BCUT2D eigenvalue weighted by Crippen LogP contribution is -2.45. The molecule has 18 heavy (non-hydrogen) atoms. The molecule has 0 amide bonds. The van der Waals surface area contributed by atoms with Crippen molar-refractivity contribution in [3.8, 4) is 0 Å². The Kier molecular flexibility index (Phi) is 4.90. The van der Waals surface area contributed by atoms with Crippen LogP contribution in [0.2, 0.25) is 5.02 Å². The Morgan fingerprint density at radius 3 is 2.72 bits per heavy atom. The van der Waals surface area contributed by atoms with Crippen LogP contribution in [0.25, 0.3) is 0 Å². The normalized spacial score (nSPS) is 14.8. The van der Waals surface area contributed by atoms with Crippen LogP contribution in [0.4, 0.5) is 0 Å². The van der Waals surface area contributed by atoms with Crippen LogP contribution in [0.3, 0.4) is 0 Å². The molecular formula is C12H21ClN4O. The van der Waals surface area contributed by atoms with E-state index in [1.165, 1.54) is 6.20 Å². The van der Waals surface area contributed by atoms with Gasteiger partial charge >= 0.3 is 0 Å². The summed E-state index contributed by atoms with van der Waals surface area (Å²) in [6.07, 6.45) is 2.05. The van der Waals surface area contributed by atoms with Gasteiger partial charge in [-0.3, -0.25) is 9.48 Å². The number of halogens is 1. The third-order valence-corrected chi connectivity index (χ3v) is 3.30. The highest BCUT2D eigenvalue weighted by Crippen LogP contribution is 2.21. The lowest BCUT2D eigenvalue weighted by molar-refractivity contribution is 0.0886. The van der Waals surface area contributed by atoms with Gasteiger partial charge in [0.1, 0.15) is 5.69 Å². The third-order valence-electron chi connectivity index (χ3n) is 3.02. The Bertz CT molecular complexity index is 426. The summed E-state index contributed by atoms with van der Waals surface area (Å²) >= 11 is 6.04. The van der Waals surface area contributed by atoms with E-state index in [9.17, 15) is 4.79 Å². The van der Waals surface area contributed by atoms with Crippen LogP contribution in [-0.4, -0.2) is 46.6 Å². The molecule has 0 fully saturated rings. The number of nitrogens with two attached hydrogens (primary N) is 1. The number of carbonyl (C=O) groups is 1. The number of hydrogen-bond donors (Lipinski definition) is 1. The maximum absolute atomic E-state index is 12.4. The molecule has 0 aromatic carbocycles. The monoisotopic (exact) mass is 272 g/mol. The van der Waals surface area contributed by atoms with Gasteiger partial charge in [0.25, 0.3) is 0 Å². The lowest BCUT2D eigenvalue weighted by atomic mass is 9.92. The second kappa shape index (κ2) is 5.82. The summed E-state index contributed by atoms with van der Waals surface area (Å²) in [6, 6.07) is 0. The minimum atomic E-state index is -0.903. The SMILES string of the molecule is CCC(C)(N)C(=O)c1c(Cl)cnn1CCN(C)C. The molecule has 1 heterocycles. The van der Waals surface area contributed by atoms with E-state index in [2.05, 4.69) is 5.10 Å². The smallest absolute Gasteiger partial charge is 0.201 e. The second-order valence-corrected chi connectivity index (χ2v) is 5.37. The van der Waals surface area contributed by atoms with E-state index in [1.807, 2.05) is 25.9 Å². The Hall–Kier alpha value is -0.910. The number of Topliss-reactive ketones (excluding diaryl/α,β-unsaturated/α-hetero) is 1. The van der Waals surface area contributed by atoms with Gasteiger partial charge in [0.2, 0.25) is 5.78 Å². The minimum Gasteiger partial charge on any atom is -0.319 e. The van der Waals surface area contributed by atoms with E-state index in [4.69, 9.17) is 17.3 Å². The van der Waals surface area contributed by atoms with Gasteiger partial charge in [0.15, 0.2) is 0 Å². The fraction of sp³-hybridized carbons (Fsp3) is 0.667. The number of likely N-dealkylation sites (N-methyl/N-ethyl adjacent to an activating group) is 1.